The van der Waals surface area contributed by atoms with Crippen molar-refractivity contribution in [2.75, 3.05) is 46.5 Å². The maximum absolute atomic E-state index is 13.6. The van der Waals surface area contributed by atoms with Gasteiger partial charge < -0.3 is 19.3 Å². The summed E-state index contributed by atoms with van der Waals surface area (Å²) in [5.41, 5.74) is -0.269. The fourth-order valence-electron chi connectivity index (χ4n) is 2.17. The second-order valence-electron chi connectivity index (χ2n) is 5.44. The Bertz CT molecular complexity index is 664. The Morgan fingerprint density at radius 1 is 1.32 bits per heavy atom. The Morgan fingerprint density at radius 3 is 2.68 bits per heavy atom. The van der Waals surface area contributed by atoms with Gasteiger partial charge in [-0.05, 0) is 18.2 Å². The monoisotopic (exact) mass is 416 g/mol. The van der Waals surface area contributed by atoms with Crippen molar-refractivity contribution < 1.29 is 28.2 Å². The molecule has 1 heterocycles. The molecule has 1 aromatic rings. The molecule has 7 nitrogen and oxygen atoms in total. The molecule has 0 aliphatic carbocycles. The van der Waals surface area contributed by atoms with Crippen molar-refractivity contribution in [3.8, 4) is 0 Å². The lowest BCUT2D eigenvalue weighted by molar-refractivity contribution is -0.143. The Balaban J connectivity index is 1.83. The van der Waals surface area contributed by atoms with Crippen LogP contribution in [0.2, 0.25) is 0 Å². The molecule has 0 saturated carbocycles. The van der Waals surface area contributed by atoms with Crippen LogP contribution in [-0.2, 0) is 19.1 Å². The Kier molecular flexibility index (Phi) is 6.89. The van der Waals surface area contributed by atoms with Crippen molar-refractivity contribution in [1.29, 1.82) is 0 Å². The molecular weight excluding hydrogens is 399 g/mol. The maximum Gasteiger partial charge on any atom is 0.341 e. The predicted octanol–water partition coefficient (Wildman–Crippen LogP) is 1.06. The summed E-state index contributed by atoms with van der Waals surface area (Å²) in [7, 11) is 1.44. The summed E-state index contributed by atoms with van der Waals surface area (Å²) < 4.78 is 24.1. The number of ether oxygens (including phenoxy) is 2. The van der Waals surface area contributed by atoms with E-state index >= 15 is 0 Å². The van der Waals surface area contributed by atoms with E-state index in [0.717, 1.165) is 6.07 Å². The summed E-state index contributed by atoms with van der Waals surface area (Å²) >= 11 is 3.13. The largest absolute Gasteiger partial charge is 0.452 e. The van der Waals surface area contributed by atoms with Crippen molar-refractivity contribution >= 4 is 33.7 Å². The first-order valence-electron chi connectivity index (χ1n) is 7.60. The standard InChI is InChI=1S/C16H18BrFN2O5/c1-19(9-14(21)20-4-6-24-7-5-20)15(22)10-25-16(23)12-8-11(17)2-3-13(12)18/h2-3,8H,4-7,9-10H2,1H3. The summed E-state index contributed by atoms with van der Waals surface area (Å²) in [5.74, 6) is -2.44. The van der Waals surface area contributed by atoms with Crippen molar-refractivity contribution in [3.05, 3.63) is 34.1 Å². The molecule has 0 radical (unpaired) electrons. The van der Waals surface area contributed by atoms with Gasteiger partial charge in [0.05, 0.1) is 25.3 Å². The number of carbonyl (C=O) groups is 3. The minimum Gasteiger partial charge on any atom is -0.452 e. The average molecular weight is 417 g/mol. The molecule has 0 unspecified atom stereocenters. The normalized spacial score (nSPS) is 14.1. The first-order valence-corrected chi connectivity index (χ1v) is 8.39. The summed E-state index contributed by atoms with van der Waals surface area (Å²) in [6, 6.07) is 3.84. The number of hydrogen-bond donors (Lipinski definition) is 0. The number of rotatable bonds is 5. The predicted molar refractivity (Wildman–Crippen MR) is 89.4 cm³/mol. The van der Waals surface area contributed by atoms with Crippen LogP contribution in [-0.4, -0.2) is 74.1 Å². The van der Waals surface area contributed by atoms with Crippen LogP contribution in [0.25, 0.3) is 0 Å². The minimum atomic E-state index is -0.944. The lowest BCUT2D eigenvalue weighted by Gasteiger charge is -2.28. The lowest BCUT2D eigenvalue weighted by Crippen LogP contribution is -2.46. The molecule has 0 aromatic heterocycles. The average Bonchev–Trinajstić information content (AvgIpc) is 2.62. The fourth-order valence-corrected chi connectivity index (χ4v) is 2.53. The zero-order valence-corrected chi connectivity index (χ0v) is 15.3. The maximum atomic E-state index is 13.6. The van der Waals surface area contributed by atoms with Gasteiger partial charge in [0.1, 0.15) is 5.82 Å². The molecule has 0 spiro atoms. The van der Waals surface area contributed by atoms with Crippen LogP contribution in [0.1, 0.15) is 10.4 Å². The quantitative estimate of drug-likeness (QED) is 0.670. The van der Waals surface area contributed by atoms with Crippen molar-refractivity contribution in [1.82, 2.24) is 9.80 Å². The molecule has 136 valence electrons. The number of amides is 2. The van der Waals surface area contributed by atoms with Crippen LogP contribution in [0.3, 0.4) is 0 Å². The summed E-state index contributed by atoms with van der Waals surface area (Å²) in [6.07, 6.45) is 0. The third-order valence-corrected chi connectivity index (χ3v) is 4.13. The smallest absolute Gasteiger partial charge is 0.341 e. The number of hydrogen-bond acceptors (Lipinski definition) is 5. The SMILES string of the molecule is CN(CC(=O)N1CCOCC1)C(=O)COC(=O)c1cc(Br)ccc1F. The molecule has 0 atom stereocenters. The molecule has 1 fully saturated rings. The number of benzene rings is 1. The van der Waals surface area contributed by atoms with Crippen molar-refractivity contribution in [3.63, 3.8) is 0 Å². The van der Waals surface area contributed by atoms with E-state index < -0.39 is 24.3 Å². The molecule has 1 aliphatic rings. The topological polar surface area (TPSA) is 76.2 Å². The van der Waals surface area contributed by atoms with Gasteiger partial charge in [-0.2, -0.15) is 0 Å². The molecule has 2 rings (SSSR count). The van der Waals surface area contributed by atoms with Gasteiger partial charge in [-0.25, -0.2) is 9.18 Å². The second-order valence-corrected chi connectivity index (χ2v) is 6.36. The van der Waals surface area contributed by atoms with Crippen molar-refractivity contribution in [2.45, 2.75) is 0 Å². The van der Waals surface area contributed by atoms with Gasteiger partial charge in [0.2, 0.25) is 5.91 Å². The zero-order chi connectivity index (χ0) is 18.4. The molecule has 0 bridgehead atoms. The second kappa shape index (κ2) is 8.91. The molecule has 1 saturated heterocycles. The van der Waals surface area contributed by atoms with Gasteiger partial charge in [0.25, 0.3) is 5.91 Å². The molecule has 0 N–H and O–H groups in total. The highest BCUT2D eigenvalue weighted by molar-refractivity contribution is 9.10. The van der Waals surface area contributed by atoms with Crippen LogP contribution in [0.5, 0.6) is 0 Å². The summed E-state index contributed by atoms with van der Waals surface area (Å²) in [4.78, 5) is 38.7. The van der Waals surface area contributed by atoms with E-state index in [4.69, 9.17) is 9.47 Å². The molecular formula is C16H18BrFN2O5. The Hall–Kier alpha value is -2.00. The van der Waals surface area contributed by atoms with E-state index in [-0.39, 0.29) is 18.0 Å². The number of nitrogens with zero attached hydrogens (tertiary/aromatic N) is 2. The highest BCUT2D eigenvalue weighted by Crippen LogP contribution is 2.16. The van der Waals surface area contributed by atoms with Gasteiger partial charge in [0, 0.05) is 24.6 Å². The van der Waals surface area contributed by atoms with Gasteiger partial charge in [-0.1, -0.05) is 15.9 Å². The van der Waals surface area contributed by atoms with E-state index in [2.05, 4.69) is 15.9 Å². The van der Waals surface area contributed by atoms with E-state index in [1.54, 1.807) is 4.90 Å². The Labute approximate surface area is 152 Å². The number of esters is 1. The molecule has 25 heavy (non-hydrogen) atoms. The van der Waals surface area contributed by atoms with E-state index in [9.17, 15) is 18.8 Å². The summed E-state index contributed by atoms with van der Waals surface area (Å²) in [5, 5.41) is 0. The fraction of sp³-hybridized carbons (Fsp3) is 0.438. The molecule has 1 aliphatic heterocycles. The Morgan fingerprint density at radius 2 is 2.00 bits per heavy atom. The van der Waals surface area contributed by atoms with Crippen LogP contribution in [0, 0.1) is 5.82 Å². The molecule has 9 heteroatoms. The lowest BCUT2D eigenvalue weighted by atomic mass is 10.2. The number of carbonyl (C=O) groups excluding carboxylic acids is 3. The third kappa shape index (κ3) is 5.50. The zero-order valence-electron chi connectivity index (χ0n) is 13.7. The molecule has 1 aromatic carbocycles. The first-order chi connectivity index (χ1) is 11.9. The number of halogens is 2. The van der Waals surface area contributed by atoms with Crippen molar-refractivity contribution in [2.24, 2.45) is 0 Å². The van der Waals surface area contributed by atoms with Crippen LogP contribution in [0.4, 0.5) is 4.39 Å². The van der Waals surface area contributed by atoms with E-state index in [0.29, 0.717) is 30.8 Å². The van der Waals surface area contributed by atoms with Gasteiger partial charge in [-0.15, -0.1) is 0 Å². The van der Waals surface area contributed by atoms with E-state index in [1.807, 2.05) is 0 Å². The van der Waals surface area contributed by atoms with Gasteiger partial charge in [-0.3, -0.25) is 9.59 Å². The number of likely N-dealkylation sites (N-methyl/N-ethyl adjacent to an activating group) is 1. The highest BCUT2D eigenvalue weighted by atomic mass is 79.9. The van der Waals surface area contributed by atoms with Gasteiger partial charge in [0.15, 0.2) is 6.61 Å². The first kappa shape index (κ1) is 19.3. The van der Waals surface area contributed by atoms with Gasteiger partial charge >= 0.3 is 5.97 Å². The van der Waals surface area contributed by atoms with Crippen LogP contribution < -0.4 is 0 Å². The highest BCUT2D eigenvalue weighted by Gasteiger charge is 2.22. The third-order valence-electron chi connectivity index (χ3n) is 3.64. The van der Waals surface area contributed by atoms with Crippen LogP contribution in [0.15, 0.2) is 22.7 Å². The summed E-state index contributed by atoms with van der Waals surface area (Å²) in [6.45, 7) is 1.22. The molecule has 2 amide bonds. The number of morpholine rings is 1. The van der Waals surface area contributed by atoms with Crippen LogP contribution >= 0.6 is 15.9 Å². The minimum absolute atomic E-state index is 0.123. The van der Waals surface area contributed by atoms with E-state index in [1.165, 1.54) is 24.1 Å².